The maximum atomic E-state index is 13.5. The number of anilines is 1. The Kier molecular flexibility index (Phi) is 5.41. The molecule has 0 bridgehead atoms. The molecule has 0 spiro atoms. The van der Waals surface area contributed by atoms with Gasteiger partial charge in [-0.25, -0.2) is 9.50 Å². The summed E-state index contributed by atoms with van der Waals surface area (Å²) < 4.78 is 1.72. The molecule has 1 aliphatic rings. The molecule has 1 atom stereocenters. The molecule has 156 valence electrons. The number of para-hydroxylation sites is 1. The van der Waals surface area contributed by atoms with Gasteiger partial charge in [0.05, 0.1) is 17.5 Å². The minimum atomic E-state index is -0.00483. The van der Waals surface area contributed by atoms with Crippen LogP contribution in [-0.4, -0.2) is 37.0 Å². The summed E-state index contributed by atoms with van der Waals surface area (Å²) in [5.74, 6) is 1.70. The van der Waals surface area contributed by atoms with Crippen molar-refractivity contribution in [1.82, 2.24) is 19.6 Å². The molecular formula is C23H21N5OS2. The Morgan fingerprint density at radius 2 is 1.87 bits per heavy atom. The predicted octanol–water partition coefficient (Wildman–Crippen LogP) is 4.71. The third kappa shape index (κ3) is 3.93. The van der Waals surface area contributed by atoms with E-state index in [9.17, 15) is 4.79 Å². The molecule has 1 aliphatic heterocycles. The average Bonchev–Trinajstić information content (AvgIpc) is 3.20. The number of aromatic nitrogens is 4. The number of rotatable bonds is 4. The van der Waals surface area contributed by atoms with Crippen molar-refractivity contribution in [1.29, 1.82) is 0 Å². The molecule has 0 fully saturated rings. The van der Waals surface area contributed by atoms with Crippen LogP contribution in [0.4, 0.5) is 5.69 Å². The van der Waals surface area contributed by atoms with Gasteiger partial charge >= 0.3 is 0 Å². The van der Waals surface area contributed by atoms with Crippen LogP contribution in [0, 0.1) is 13.8 Å². The molecule has 0 unspecified atom stereocenters. The second-order valence-corrected chi connectivity index (χ2v) is 9.41. The summed E-state index contributed by atoms with van der Waals surface area (Å²) in [5.41, 5.74) is 3.98. The first kappa shape index (κ1) is 20.1. The Bertz CT molecular complexity index is 1260. The fraction of sp³-hybridized carbons (Fsp3) is 0.217. The van der Waals surface area contributed by atoms with E-state index < -0.39 is 0 Å². The molecule has 6 nitrogen and oxygen atoms in total. The average molecular weight is 448 g/mol. The van der Waals surface area contributed by atoms with Gasteiger partial charge in [0.25, 0.3) is 5.78 Å². The van der Waals surface area contributed by atoms with Crippen LogP contribution in [0.2, 0.25) is 0 Å². The number of hydrogen-bond donors (Lipinski definition) is 0. The Balaban J connectivity index is 1.42. The molecule has 0 saturated heterocycles. The fourth-order valence-electron chi connectivity index (χ4n) is 3.82. The monoisotopic (exact) mass is 447 g/mol. The van der Waals surface area contributed by atoms with Gasteiger partial charge in [0.2, 0.25) is 11.1 Å². The number of nitrogens with zero attached hydrogens (tertiary/aromatic N) is 5. The van der Waals surface area contributed by atoms with E-state index in [0.29, 0.717) is 10.9 Å². The summed E-state index contributed by atoms with van der Waals surface area (Å²) in [6, 6.07) is 20.3. The van der Waals surface area contributed by atoms with E-state index in [4.69, 9.17) is 0 Å². The van der Waals surface area contributed by atoms with Gasteiger partial charge in [0.15, 0.2) is 0 Å². The van der Waals surface area contributed by atoms with E-state index in [1.807, 2.05) is 61.2 Å². The van der Waals surface area contributed by atoms with Gasteiger partial charge in [-0.15, -0.1) is 16.9 Å². The lowest BCUT2D eigenvalue weighted by Crippen LogP contribution is -2.39. The van der Waals surface area contributed by atoms with Crippen LogP contribution < -0.4 is 4.90 Å². The van der Waals surface area contributed by atoms with Gasteiger partial charge in [-0.1, -0.05) is 54.2 Å². The molecule has 4 aromatic rings. The third-order valence-corrected chi connectivity index (χ3v) is 7.17. The SMILES string of the molecule is Cc1cc(C)n2nc(SCC(=O)N3c4ccccc4SC[C@@H]3c3ccccc3)nc2n1. The fourth-order valence-corrected chi connectivity index (χ4v) is 5.67. The summed E-state index contributed by atoms with van der Waals surface area (Å²) in [5, 5.41) is 5.08. The van der Waals surface area contributed by atoms with Crippen LogP contribution >= 0.6 is 23.5 Å². The molecule has 2 aromatic heterocycles. The van der Waals surface area contributed by atoms with Crippen molar-refractivity contribution < 1.29 is 4.79 Å². The molecule has 31 heavy (non-hydrogen) atoms. The molecule has 0 radical (unpaired) electrons. The van der Waals surface area contributed by atoms with Crippen molar-refractivity contribution in [3.05, 3.63) is 77.6 Å². The predicted molar refractivity (Wildman–Crippen MR) is 125 cm³/mol. The molecule has 5 rings (SSSR count). The van der Waals surface area contributed by atoms with Crippen molar-refractivity contribution in [2.24, 2.45) is 0 Å². The molecule has 0 saturated carbocycles. The number of carbonyl (C=O) groups is 1. The molecule has 2 aromatic carbocycles. The molecule has 0 aliphatic carbocycles. The number of carbonyl (C=O) groups excluding carboxylic acids is 1. The van der Waals surface area contributed by atoms with Crippen molar-refractivity contribution in [3.8, 4) is 0 Å². The number of amides is 1. The number of benzene rings is 2. The zero-order valence-electron chi connectivity index (χ0n) is 17.2. The number of fused-ring (bicyclic) bond motifs is 2. The van der Waals surface area contributed by atoms with Crippen LogP contribution in [0.15, 0.2) is 70.7 Å². The quantitative estimate of drug-likeness (QED) is 0.422. The lowest BCUT2D eigenvalue weighted by molar-refractivity contribution is -0.116. The van der Waals surface area contributed by atoms with Crippen molar-refractivity contribution in [3.63, 3.8) is 0 Å². The van der Waals surface area contributed by atoms with Gasteiger partial charge in [0.1, 0.15) is 0 Å². The van der Waals surface area contributed by atoms with Gasteiger partial charge in [-0.3, -0.25) is 4.79 Å². The topological polar surface area (TPSA) is 63.4 Å². The Morgan fingerprint density at radius 3 is 2.71 bits per heavy atom. The highest BCUT2D eigenvalue weighted by Gasteiger charge is 2.32. The first-order valence-corrected chi connectivity index (χ1v) is 12.0. The molecule has 1 amide bonds. The maximum absolute atomic E-state index is 13.5. The highest BCUT2D eigenvalue weighted by Crippen LogP contribution is 2.43. The zero-order chi connectivity index (χ0) is 21.4. The normalized spacial score (nSPS) is 15.8. The zero-order valence-corrected chi connectivity index (χ0v) is 18.9. The standard InChI is InChI=1S/C23H21N5OS2/c1-15-12-16(2)28-22(24-15)25-23(26-28)31-14-21(29)27-18-10-6-7-11-20(18)30-13-19(27)17-8-4-3-5-9-17/h3-12,19H,13-14H2,1-2H3/t19-/m1/s1. The maximum Gasteiger partial charge on any atom is 0.253 e. The van der Waals surface area contributed by atoms with Crippen molar-refractivity contribution >= 4 is 40.9 Å². The van der Waals surface area contributed by atoms with Crippen LogP contribution in [0.25, 0.3) is 5.78 Å². The Labute approximate surface area is 189 Å². The second-order valence-electron chi connectivity index (χ2n) is 7.40. The second kappa shape index (κ2) is 8.36. The minimum Gasteiger partial charge on any atom is -0.302 e. The highest BCUT2D eigenvalue weighted by atomic mass is 32.2. The Hall–Kier alpha value is -2.84. The van der Waals surface area contributed by atoms with E-state index in [2.05, 4.69) is 33.3 Å². The largest absolute Gasteiger partial charge is 0.302 e. The lowest BCUT2D eigenvalue weighted by Gasteiger charge is -2.37. The summed E-state index contributed by atoms with van der Waals surface area (Å²) >= 11 is 3.15. The summed E-state index contributed by atoms with van der Waals surface area (Å²) in [6.45, 7) is 3.91. The number of aryl methyl sites for hydroxylation is 2. The molecule has 8 heteroatoms. The number of hydrogen-bond acceptors (Lipinski definition) is 6. The smallest absolute Gasteiger partial charge is 0.253 e. The summed E-state index contributed by atoms with van der Waals surface area (Å²) in [6.07, 6.45) is 0. The van der Waals surface area contributed by atoms with E-state index in [1.165, 1.54) is 11.8 Å². The Morgan fingerprint density at radius 1 is 1.10 bits per heavy atom. The van der Waals surface area contributed by atoms with Gasteiger partial charge in [-0.2, -0.15) is 4.98 Å². The first-order valence-electron chi connectivity index (χ1n) is 10.0. The highest BCUT2D eigenvalue weighted by molar-refractivity contribution is 8.00. The first-order chi connectivity index (χ1) is 15.1. The van der Waals surface area contributed by atoms with Gasteiger partial charge < -0.3 is 4.90 Å². The van der Waals surface area contributed by atoms with Crippen LogP contribution in [0.5, 0.6) is 0 Å². The number of thioether (sulfide) groups is 2. The summed E-state index contributed by atoms with van der Waals surface area (Å²) in [7, 11) is 0. The summed E-state index contributed by atoms with van der Waals surface area (Å²) in [4.78, 5) is 25.5. The van der Waals surface area contributed by atoms with E-state index in [1.54, 1.807) is 16.3 Å². The van der Waals surface area contributed by atoms with Gasteiger partial charge in [0, 0.05) is 22.0 Å². The van der Waals surface area contributed by atoms with Gasteiger partial charge in [-0.05, 0) is 37.6 Å². The van der Waals surface area contributed by atoms with Crippen LogP contribution in [0.1, 0.15) is 23.0 Å². The molecular weight excluding hydrogens is 426 g/mol. The van der Waals surface area contributed by atoms with Crippen LogP contribution in [-0.2, 0) is 4.79 Å². The molecule has 3 heterocycles. The van der Waals surface area contributed by atoms with E-state index in [-0.39, 0.29) is 17.7 Å². The van der Waals surface area contributed by atoms with Crippen molar-refractivity contribution in [2.75, 3.05) is 16.4 Å². The molecule has 0 N–H and O–H groups in total. The lowest BCUT2D eigenvalue weighted by atomic mass is 10.1. The van der Waals surface area contributed by atoms with E-state index in [0.717, 1.165) is 33.3 Å². The van der Waals surface area contributed by atoms with Crippen LogP contribution in [0.3, 0.4) is 0 Å². The minimum absolute atomic E-state index is 0.00483. The third-order valence-electron chi connectivity index (χ3n) is 5.21. The van der Waals surface area contributed by atoms with E-state index >= 15 is 0 Å². The van der Waals surface area contributed by atoms with Crippen molar-refractivity contribution in [2.45, 2.75) is 29.9 Å².